The minimum absolute atomic E-state index is 0.00540. The Morgan fingerprint density at radius 1 is 0.193 bits per heavy atom. The van der Waals surface area contributed by atoms with Gasteiger partial charge in [0.2, 0.25) is 0 Å². The van der Waals surface area contributed by atoms with Gasteiger partial charge in [-0.05, 0) is 146 Å². The molecule has 0 aliphatic carbocycles. The molecule has 13 heterocycles. The molecular weight excluding hydrogens is 1710 g/mol. The number of hydrogen-bond donors (Lipinski definition) is 0. The van der Waals surface area contributed by atoms with E-state index < -0.39 is 0 Å². The first-order valence-electron chi connectivity index (χ1n) is 45.2. The van der Waals surface area contributed by atoms with Gasteiger partial charge in [0.15, 0.2) is 0 Å². The number of pyridine rings is 6. The Labute approximate surface area is 776 Å². The molecule has 0 unspecified atom stereocenters. The zero-order valence-corrected chi connectivity index (χ0v) is 74.1. The number of para-hydroxylation sites is 7. The SMILES string of the molecule is O=c1c2ccccc2c2cc(-n3c4ccccc4c4c5ccccc5c5c6ccccc6sc5c43)nc3c4ccccc4n1c23.O=c1c2ccccc2c2cc(-n3c4ccccc4c4c5ccccc5c5c6ccccc6sc5c43)ncc2n1-c1ccccc1.O=c1c2cnc(-n3c4ccccc4c4c5ccccc5c5c6ccccc6sc5c43)cc2c2ccccc2n1-c1ccccc1. The van der Waals surface area contributed by atoms with E-state index in [9.17, 15) is 14.4 Å². The highest BCUT2D eigenvalue weighted by molar-refractivity contribution is 7.28. The highest BCUT2D eigenvalue weighted by Crippen LogP contribution is 2.53. The third-order valence-corrected chi connectivity index (χ3v) is 31.5. The molecule has 0 atom stereocenters. The fraction of sp³-hybridized carbons (Fsp3) is 0. The molecule has 0 N–H and O–H groups in total. The Hall–Kier alpha value is -17.3. The molecule has 12 nitrogen and oxygen atoms in total. The van der Waals surface area contributed by atoms with Crippen LogP contribution in [-0.2, 0) is 0 Å². The standard InChI is InChI=1S/C40H21N3OS.2C40H23N3OS/c44-40-25-14-4-1-11-22(25)29-21-33(41-36-27-16-6-9-19-31(27)43(40)37(29)36)42-30-18-8-5-15-26(30)34-23-12-2-3-13-24(23)35-28-17-7-10-20-32(28)45-39(35)38(34)42;44-40-28-17-7-4-14-25(28)31-22-35(41-23-33(31)42(40)24-12-2-1-3-13-24)43-32-20-10-8-18-29(32)36-26-15-5-6-16-27(26)37-30-19-9-11-21-34(30)45-39(37)38(36)43;44-40-31-23-41-35(22-30(31)25-14-6-9-19-32(25)42(40)24-12-2-1-3-13-24)43-33-20-10-7-17-28(33)36-26-15-4-5-16-27(26)37-29-18-8-11-21-34(29)45-39(37)38(36)43/h1-21H;2*1-23H. The number of hydrogen-bond acceptors (Lipinski definition) is 9. The lowest BCUT2D eigenvalue weighted by molar-refractivity contribution is 1.04. The second-order valence-corrected chi connectivity index (χ2v) is 38.0. The maximum atomic E-state index is 14.1. The molecule has 18 aromatic carbocycles. The maximum Gasteiger partial charge on any atom is 0.265 e. The predicted octanol–water partition coefficient (Wildman–Crippen LogP) is 30.5. The minimum atomic E-state index is -0.0749. The van der Waals surface area contributed by atoms with Crippen molar-refractivity contribution in [1.82, 2.24) is 42.2 Å². The summed E-state index contributed by atoms with van der Waals surface area (Å²) in [5.41, 5.74) is 12.6. The molecule has 31 rings (SSSR count). The summed E-state index contributed by atoms with van der Waals surface area (Å²) in [5.74, 6) is 2.47. The molecule has 0 saturated heterocycles. The van der Waals surface area contributed by atoms with Crippen molar-refractivity contribution in [3.8, 4) is 28.8 Å². The number of thiophene rings is 3. The normalized spacial score (nSPS) is 12.2. The summed E-state index contributed by atoms with van der Waals surface area (Å²) in [6.07, 6.45) is 3.64. The van der Waals surface area contributed by atoms with Crippen LogP contribution in [0.25, 0.3) is 269 Å². The van der Waals surface area contributed by atoms with E-state index >= 15 is 0 Å². The van der Waals surface area contributed by atoms with Crippen LogP contribution in [0.5, 0.6) is 0 Å². The fourth-order valence-electron chi connectivity index (χ4n) is 22.4. The van der Waals surface area contributed by atoms with Gasteiger partial charge in [0.25, 0.3) is 16.7 Å². The van der Waals surface area contributed by atoms with Gasteiger partial charge in [-0.3, -0.25) is 41.6 Å². The van der Waals surface area contributed by atoms with Crippen molar-refractivity contribution in [2.45, 2.75) is 0 Å². The second kappa shape index (κ2) is 28.8. The highest BCUT2D eigenvalue weighted by atomic mass is 32.1. The Morgan fingerprint density at radius 3 is 0.948 bits per heavy atom. The average molecular weight is 1780 g/mol. The van der Waals surface area contributed by atoms with Crippen LogP contribution in [0, 0.1) is 0 Å². The molecule has 0 amide bonds. The van der Waals surface area contributed by atoms with Crippen molar-refractivity contribution in [3.63, 3.8) is 0 Å². The second-order valence-electron chi connectivity index (χ2n) is 34.9. The Morgan fingerprint density at radius 2 is 0.496 bits per heavy atom. The van der Waals surface area contributed by atoms with Gasteiger partial charge in [-0.15, -0.1) is 34.0 Å². The van der Waals surface area contributed by atoms with Gasteiger partial charge in [0, 0.05) is 134 Å². The maximum absolute atomic E-state index is 14.1. The minimum Gasteiger partial charge on any atom is -0.292 e. The summed E-state index contributed by atoms with van der Waals surface area (Å²) in [6.45, 7) is 0. The topological polar surface area (TPSA) is 119 Å². The summed E-state index contributed by atoms with van der Waals surface area (Å²) in [6, 6.07) is 137. The van der Waals surface area contributed by atoms with Crippen LogP contribution in [0.4, 0.5) is 0 Å². The highest BCUT2D eigenvalue weighted by Gasteiger charge is 2.30. The van der Waals surface area contributed by atoms with Gasteiger partial charge in [-0.1, -0.05) is 291 Å². The smallest absolute Gasteiger partial charge is 0.265 e. The lowest BCUT2D eigenvalue weighted by Gasteiger charge is -2.15. The first kappa shape index (κ1) is 75.5. The summed E-state index contributed by atoms with van der Waals surface area (Å²) in [7, 11) is 0. The molecule has 31 aromatic rings. The van der Waals surface area contributed by atoms with E-state index in [1.54, 1.807) is 15.3 Å². The molecule has 0 aliphatic rings. The molecule has 135 heavy (non-hydrogen) atoms. The summed E-state index contributed by atoms with van der Waals surface area (Å²) in [4.78, 5) is 57.5. The largest absolute Gasteiger partial charge is 0.292 e. The van der Waals surface area contributed by atoms with Crippen molar-refractivity contribution in [3.05, 3.63) is 438 Å². The molecule has 0 aliphatic heterocycles. The zero-order chi connectivity index (χ0) is 88.7. The Bertz CT molecular complexity index is 10900. The molecule has 0 radical (unpaired) electrons. The van der Waals surface area contributed by atoms with Crippen molar-refractivity contribution < 1.29 is 0 Å². The summed E-state index contributed by atoms with van der Waals surface area (Å²) >= 11 is 5.53. The first-order chi connectivity index (χ1) is 66.8. The monoisotopic (exact) mass is 1780 g/mol. The summed E-state index contributed by atoms with van der Waals surface area (Å²) < 4.78 is 20.0. The molecule has 0 bridgehead atoms. The van der Waals surface area contributed by atoms with Crippen molar-refractivity contribution in [1.29, 1.82) is 0 Å². The van der Waals surface area contributed by atoms with Gasteiger partial charge in [0.1, 0.15) is 17.5 Å². The van der Waals surface area contributed by atoms with Gasteiger partial charge >= 0.3 is 0 Å². The summed E-state index contributed by atoms with van der Waals surface area (Å²) in [5, 5.41) is 31.3. The van der Waals surface area contributed by atoms with Crippen LogP contribution in [0.1, 0.15) is 0 Å². The Kier molecular flexibility index (Phi) is 16.1. The molecule has 15 heteroatoms. The van der Waals surface area contributed by atoms with Crippen LogP contribution in [0.15, 0.2) is 421 Å². The van der Waals surface area contributed by atoms with Crippen LogP contribution < -0.4 is 16.7 Å². The van der Waals surface area contributed by atoms with Crippen LogP contribution in [0.2, 0.25) is 0 Å². The molecule has 628 valence electrons. The molecular formula is C120H67N9O3S3. The lowest BCUT2D eigenvalue weighted by Crippen LogP contribution is -2.19. The van der Waals surface area contributed by atoms with E-state index in [2.05, 4.69) is 268 Å². The quantitative estimate of drug-likeness (QED) is 0.158. The van der Waals surface area contributed by atoms with E-state index in [-0.39, 0.29) is 16.7 Å². The van der Waals surface area contributed by atoms with Crippen molar-refractivity contribution >= 4 is 274 Å². The van der Waals surface area contributed by atoms with Gasteiger partial charge in [0.05, 0.1) is 86.4 Å². The number of rotatable bonds is 5. The number of fused-ring (bicyclic) bond motifs is 41. The number of nitrogens with zero attached hydrogens (tertiary/aromatic N) is 9. The third-order valence-electron chi connectivity index (χ3n) is 27.9. The van der Waals surface area contributed by atoms with E-state index in [4.69, 9.17) is 15.0 Å². The van der Waals surface area contributed by atoms with Crippen LogP contribution in [-0.4, -0.2) is 42.2 Å². The van der Waals surface area contributed by atoms with Crippen molar-refractivity contribution in [2.24, 2.45) is 0 Å². The predicted molar refractivity (Wildman–Crippen MR) is 569 cm³/mol. The number of benzene rings is 18. The average Bonchev–Trinajstić information content (AvgIpc) is 1.52. The van der Waals surface area contributed by atoms with Gasteiger partial charge < -0.3 is 0 Å². The van der Waals surface area contributed by atoms with E-state index in [1.807, 2.05) is 184 Å². The lowest BCUT2D eigenvalue weighted by atomic mass is 9.99. The molecule has 0 spiro atoms. The van der Waals surface area contributed by atoms with Crippen LogP contribution >= 0.6 is 34.0 Å². The van der Waals surface area contributed by atoms with E-state index in [0.29, 0.717) is 16.2 Å². The van der Waals surface area contributed by atoms with E-state index in [1.165, 1.54) is 136 Å². The first-order valence-corrected chi connectivity index (χ1v) is 47.6. The molecule has 0 fully saturated rings. The van der Waals surface area contributed by atoms with Gasteiger partial charge in [-0.25, -0.2) is 15.0 Å². The van der Waals surface area contributed by atoms with Crippen molar-refractivity contribution in [2.75, 3.05) is 0 Å². The molecule has 13 aromatic heterocycles. The Balaban J connectivity index is 0.0000000984. The van der Waals surface area contributed by atoms with Gasteiger partial charge in [-0.2, -0.15) is 0 Å². The van der Waals surface area contributed by atoms with Crippen LogP contribution in [0.3, 0.4) is 0 Å². The fourth-order valence-corrected chi connectivity index (χ4v) is 26.2. The van der Waals surface area contributed by atoms with E-state index in [0.717, 1.165) is 116 Å². The third kappa shape index (κ3) is 10.6. The zero-order valence-electron chi connectivity index (χ0n) is 71.7. The number of aromatic nitrogens is 9. The molecule has 0 saturated carbocycles.